The van der Waals surface area contributed by atoms with E-state index in [1.165, 1.54) is 103 Å². The minimum atomic E-state index is -1.38. The number of hydrogen-bond acceptors (Lipinski definition) is 6. The first kappa shape index (κ1) is 53.1. The first-order valence-electron chi connectivity index (χ1n) is 22.9. The van der Waals surface area contributed by atoms with E-state index in [4.69, 9.17) is 14.9 Å². The molecule has 56 heavy (non-hydrogen) atoms. The van der Waals surface area contributed by atoms with Gasteiger partial charge in [0.15, 0.2) is 0 Å². The van der Waals surface area contributed by atoms with Gasteiger partial charge in [-0.15, -0.1) is 0 Å². The number of carboxylic acids is 1. The van der Waals surface area contributed by atoms with Gasteiger partial charge < -0.3 is 25.6 Å². The molecule has 0 rings (SSSR count). The lowest BCUT2D eigenvalue weighted by molar-refractivity contribution is -0.150. The molecule has 9 heteroatoms. The summed E-state index contributed by atoms with van der Waals surface area (Å²) in [4.78, 5) is 47.6. The number of esters is 1. The molecule has 0 aliphatic carbocycles. The van der Waals surface area contributed by atoms with Gasteiger partial charge in [0.1, 0.15) is 12.1 Å². The number of aliphatic carboxylic acids is 1. The SMILES string of the molecule is CCCCC/C=C\C/C=C\C/C=C\CCCCCCCCC(=O)OC(CCCCCCCCCCC)CCCCCCCC(=O)NCC(=O)NC(CO)C(=O)O. The van der Waals surface area contributed by atoms with Gasteiger partial charge in [-0.2, -0.15) is 0 Å². The first-order chi connectivity index (χ1) is 27.3. The fourth-order valence-electron chi connectivity index (χ4n) is 6.60. The summed E-state index contributed by atoms with van der Waals surface area (Å²) < 4.78 is 6.02. The Morgan fingerprint density at radius 3 is 1.48 bits per heavy atom. The van der Waals surface area contributed by atoms with Crippen LogP contribution in [0.2, 0.25) is 0 Å². The molecular formula is C47H84N2O7. The normalized spacial score (nSPS) is 12.8. The number of ether oxygens (including phenoxy) is 1. The monoisotopic (exact) mass is 789 g/mol. The highest BCUT2D eigenvalue weighted by Gasteiger charge is 2.19. The maximum absolute atomic E-state index is 12.8. The molecule has 0 spiro atoms. The third kappa shape index (κ3) is 38.0. The average molecular weight is 789 g/mol. The number of hydrogen-bond donors (Lipinski definition) is 4. The number of aliphatic hydroxyl groups excluding tert-OH is 1. The average Bonchev–Trinajstić information content (AvgIpc) is 3.18. The van der Waals surface area contributed by atoms with Crippen molar-refractivity contribution in [1.29, 1.82) is 0 Å². The second-order valence-corrected chi connectivity index (χ2v) is 15.5. The Morgan fingerprint density at radius 1 is 0.536 bits per heavy atom. The number of rotatable bonds is 41. The zero-order chi connectivity index (χ0) is 41.2. The lowest BCUT2D eigenvalue weighted by Crippen LogP contribution is -2.47. The highest BCUT2D eigenvalue weighted by atomic mass is 16.5. The van der Waals surface area contributed by atoms with Crippen LogP contribution in [0.1, 0.15) is 213 Å². The minimum absolute atomic E-state index is 0.0174. The number of unbranched alkanes of at least 4 members (excludes halogenated alkanes) is 21. The van der Waals surface area contributed by atoms with Crippen LogP contribution in [0.4, 0.5) is 0 Å². The number of carbonyl (C=O) groups is 4. The van der Waals surface area contributed by atoms with Crippen molar-refractivity contribution in [3.63, 3.8) is 0 Å². The van der Waals surface area contributed by atoms with Crippen molar-refractivity contribution in [2.75, 3.05) is 13.2 Å². The Morgan fingerprint density at radius 2 is 0.964 bits per heavy atom. The lowest BCUT2D eigenvalue weighted by Gasteiger charge is -2.18. The van der Waals surface area contributed by atoms with Gasteiger partial charge in [-0.05, 0) is 77.0 Å². The fourth-order valence-corrected chi connectivity index (χ4v) is 6.60. The van der Waals surface area contributed by atoms with E-state index in [1.807, 2.05) is 0 Å². The number of carboxylic acid groups (broad SMARTS) is 1. The molecule has 0 aliphatic rings. The van der Waals surface area contributed by atoms with Gasteiger partial charge >= 0.3 is 11.9 Å². The maximum Gasteiger partial charge on any atom is 0.328 e. The van der Waals surface area contributed by atoms with Gasteiger partial charge in [-0.1, -0.05) is 159 Å². The summed E-state index contributed by atoms with van der Waals surface area (Å²) in [7, 11) is 0. The molecule has 9 nitrogen and oxygen atoms in total. The van der Waals surface area contributed by atoms with Crippen LogP contribution < -0.4 is 10.6 Å². The summed E-state index contributed by atoms with van der Waals surface area (Å²) in [6, 6.07) is -1.38. The van der Waals surface area contributed by atoms with Crippen molar-refractivity contribution in [3.8, 4) is 0 Å². The van der Waals surface area contributed by atoms with E-state index in [0.717, 1.165) is 77.0 Å². The van der Waals surface area contributed by atoms with Crippen LogP contribution in [-0.4, -0.2) is 59.3 Å². The quantitative estimate of drug-likeness (QED) is 0.0274. The van der Waals surface area contributed by atoms with Crippen LogP contribution in [0.5, 0.6) is 0 Å². The van der Waals surface area contributed by atoms with Crippen LogP contribution in [0, 0.1) is 0 Å². The highest BCUT2D eigenvalue weighted by molar-refractivity contribution is 5.87. The summed E-state index contributed by atoms with van der Waals surface area (Å²) in [5.74, 6) is -2.30. The number of amides is 2. The standard InChI is InChI=1S/C47H84N2O7/c1-3-5-7-9-11-13-14-15-16-17-18-19-20-21-22-24-26-31-35-39-46(53)56-42(36-32-28-25-23-12-10-8-6-4-2)37-33-29-27-30-34-38-44(51)48-40-45(52)49-43(41-50)47(54)55/h11,13,15-16,18-19,42-43,50H,3-10,12,14,17,20-41H2,1-2H3,(H,48,51)(H,49,52)(H,54,55)/b13-11-,16-15-,19-18-. The second kappa shape index (κ2) is 41.7. The Labute approximate surface area is 342 Å². The van der Waals surface area contributed by atoms with Crippen molar-refractivity contribution >= 4 is 23.8 Å². The summed E-state index contributed by atoms with van der Waals surface area (Å²) in [5.41, 5.74) is 0. The zero-order valence-corrected chi connectivity index (χ0v) is 35.9. The molecule has 2 atom stereocenters. The number of aliphatic hydroxyl groups is 1. The van der Waals surface area contributed by atoms with Crippen LogP contribution in [-0.2, 0) is 23.9 Å². The van der Waals surface area contributed by atoms with Crippen molar-refractivity contribution in [2.45, 2.75) is 225 Å². The van der Waals surface area contributed by atoms with Gasteiger partial charge in [0.2, 0.25) is 11.8 Å². The largest absolute Gasteiger partial charge is 0.480 e. The molecule has 0 saturated heterocycles. The summed E-state index contributed by atoms with van der Waals surface area (Å²) in [5, 5.41) is 22.6. The van der Waals surface area contributed by atoms with Crippen LogP contribution in [0.3, 0.4) is 0 Å². The third-order valence-corrected chi connectivity index (χ3v) is 10.1. The molecule has 324 valence electrons. The van der Waals surface area contributed by atoms with E-state index < -0.39 is 24.5 Å². The molecule has 2 unspecified atom stereocenters. The van der Waals surface area contributed by atoms with Crippen molar-refractivity contribution < 1.29 is 34.1 Å². The van der Waals surface area contributed by atoms with Crippen molar-refractivity contribution in [1.82, 2.24) is 10.6 Å². The van der Waals surface area contributed by atoms with E-state index in [2.05, 4.69) is 60.9 Å². The molecule has 0 bridgehead atoms. The molecule has 0 aromatic rings. The topological polar surface area (TPSA) is 142 Å². The Kier molecular flexibility index (Phi) is 39.5. The molecule has 0 radical (unpaired) electrons. The summed E-state index contributed by atoms with van der Waals surface area (Å²) in [6.45, 7) is 3.45. The molecule has 0 aromatic carbocycles. The Bertz CT molecular complexity index is 1040. The van der Waals surface area contributed by atoms with Gasteiger partial charge in [0.25, 0.3) is 0 Å². The number of allylic oxidation sites excluding steroid dienone is 6. The number of carbonyl (C=O) groups excluding carboxylic acids is 3. The van der Waals surface area contributed by atoms with E-state index >= 15 is 0 Å². The highest BCUT2D eigenvalue weighted by Crippen LogP contribution is 2.19. The number of nitrogens with one attached hydrogen (secondary N) is 2. The Hall–Kier alpha value is -2.94. The zero-order valence-electron chi connectivity index (χ0n) is 35.9. The van der Waals surface area contributed by atoms with Crippen LogP contribution >= 0.6 is 0 Å². The van der Waals surface area contributed by atoms with E-state index in [9.17, 15) is 19.2 Å². The van der Waals surface area contributed by atoms with Crippen LogP contribution in [0.25, 0.3) is 0 Å². The molecule has 0 saturated carbocycles. The molecule has 0 fully saturated rings. The lowest BCUT2D eigenvalue weighted by atomic mass is 10.0. The summed E-state index contributed by atoms with van der Waals surface area (Å²) in [6.07, 6.45) is 47.4. The van der Waals surface area contributed by atoms with Gasteiger partial charge in [-0.25, -0.2) is 4.79 Å². The predicted octanol–water partition coefficient (Wildman–Crippen LogP) is 11.4. The fraction of sp³-hybridized carbons (Fsp3) is 0.787. The molecule has 4 N–H and O–H groups in total. The predicted molar refractivity (Wildman–Crippen MR) is 231 cm³/mol. The van der Waals surface area contributed by atoms with Crippen LogP contribution in [0.15, 0.2) is 36.5 Å². The van der Waals surface area contributed by atoms with Crippen molar-refractivity contribution in [3.05, 3.63) is 36.5 Å². The smallest absolute Gasteiger partial charge is 0.328 e. The van der Waals surface area contributed by atoms with Gasteiger partial charge in [0, 0.05) is 12.8 Å². The maximum atomic E-state index is 12.8. The Balaban J connectivity index is 4.23. The summed E-state index contributed by atoms with van der Waals surface area (Å²) >= 11 is 0. The molecule has 2 amide bonds. The first-order valence-corrected chi connectivity index (χ1v) is 22.9. The molecule has 0 heterocycles. The van der Waals surface area contributed by atoms with Gasteiger partial charge in [-0.3, -0.25) is 14.4 Å². The van der Waals surface area contributed by atoms with Gasteiger partial charge in [0.05, 0.1) is 13.2 Å². The van der Waals surface area contributed by atoms with E-state index in [1.54, 1.807) is 0 Å². The molecular weight excluding hydrogens is 705 g/mol. The van der Waals surface area contributed by atoms with E-state index in [-0.39, 0.29) is 24.5 Å². The molecule has 0 aromatic heterocycles. The van der Waals surface area contributed by atoms with E-state index in [0.29, 0.717) is 19.3 Å². The third-order valence-electron chi connectivity index (χ3n) is 10.1. The van der Waals surface area contributed by atoms with Crippen molar-refractivity contribution in [2.24, 2.45) is 0 Å². The second-order valence-electron chi connectivity index (χ2n) is 15.5. The molecule has 0 aliphatic heterocycles. The minimum Gasteiger partial charge on any atom is -0.480 e.